The minimum absolute atomic E-state index is 0.00690. The van der Waals surface area contributed by atoms with Crippen molar-refractivity contribution in [3.05, 3.63) is 23.3 Å². The normalized spacial score (nSPS) is 9.00. The summed E-state index contributed by atoms with van der Waals surface area (Å²) in [5.41, 5.74) is -0.170. The van der Waals surface area contributed by atoms with Gasteiger partial charge in [0.05, 0.1) is 5.56 Å². The molecule has 0 spiro atoms. The fourth-order valence-corrected chi connectivity index (χ4v) is 1.14. The smallest absolute Gasteiger partial charge is 0.298 e. The molecule has 0 amide bonds. The van der Waals surface area contributed by atoms with E-state index in [1.165, 1.54) is 12.1 Å². The molecule has 6 heteroatoms. The van der Waals surface area contributed by atoms with Gasteiger partial charge in [-0.05, 0) is 12.1 Å². The van der Waals surface area contributed by atoms with Crippen molar-refractivity contribution in [1.29, 1.82) is 0 Å². The van der Waals surface area contributed by atoms with E-state index in [-0.39, 0.29) is 35.6 Å². The Kier molecular flexibility index (Phi) is 3.90. The molecule has 16 heavy (non-hydrogen) atoms. The zero-order chi connectivity index (χ0) is 12.0. The van der Waals surface area contributed by atoms with Crippen molar-refractivity contribution in [3.63, 3.8) is 0 Å². The molecular weight excluding hydrogens is 216 g/mol. The Morgan fingerprint density at radius 3 is 2.06 bits per heavy atom. The molecule has 0 N–H and O–H groups in total. The number of hydrogen-bond donors (Lipinski definition) is 0. The molecule has 0 aliphatic carbocycles. The molecule has 0 bridgehead atoms. The minimum Gasteiger partial charge on any atom is -0.428 e. The Labute approximate surface area is 89.8 Å². The Morgan fingerprint density at radius 1 is 0.875 bits per heavy atom. The number of hydrogen-bond acceptors (Lipinski definition) is 6. The topological polar surface area (TPSA) is 86.7 Å². The molecule has 0 saturated carbocycles. The summed E-state index contributed by atoms with van der Waals surface area (Å²) in [6.07, 6.45) is 0.737. The number of ether oxygens (including phenoxy) is 2. The van der Waals surface area contributed by atoms with Crippen LogP contribution in [-0.2, 0) is 9.59 Å². The molecule has 82 valence electrons. The van der Waals surface area contributed by atoms with Crippen LogP contribution in [0.1, 0.15) is 20.7 Å². The van der Waals surface area contributed by atoms with Crippen molar-refractivity contribution in [1.82, 2.24) is 0 Å². The second kappa shape index (κ2) is 5.40. The average Bonchev–Trinajstić information content (AvgIpc) is 2.30. The second-order valence-electron chi connectivity index (χ2n) is 2.56. The van der Waals surface area contributed by atoms with Crippen LogP contribution in [0.25, 0.3) is 0 Å². The Hall–Kier alpha value is -2.50. The SMILES string of the molecule is O=COc1ccc(C=O)c(OC=O)c1C=O. The van der Waals surface area contributed by atoms with Crippen LogP contribution in [-0.4, -0.2) is 25.5 Å². The molecule has 0 radical (unpaired) electrons. The van der Waals surface area contributed by atoms with Gasteiger partial charge in [0.15, 0.2) is 18.3 Å². The first-order valence-electron chi connectivity index (χ1n) is 4.06. The molecule has 0 aliphatic rings. The quantitative estimate of drug-likeness (QED) is 0.646. The maximum Gasteiger partial charge on any atom is 0.298 e. The molecular formula is C10H6O6. The van der Waals surface area contributed by atoms with Crippen LogP contribution in [0.15, 0.2) is 12.1 Å². The molecule has 0 fully saturated rings. The maximum absolute atomic E-state index is 10.8. The lowest BCUT2D eigenvalue weighted by atomic mass is 10.1. The van der Waals surface area contributed by atoms with Crippen molar-refractivity contribution in [2.45, 2.75) is 0 Å². The molecule has 0 atom stereocenters. The highest BCUT2D eigenvalue weighted by molar-refractivity contribution is 5.92. The lowest BCUT2D eigenvalue weighted by Crippen LogP contribution is -2.02. The summed E-state index contributed by atoms with van der Waals surface area (Å²) in [5.74, 6) is -0.327. The van der Waals surface area contributed by atoms with E-state index in [1.807, 2.05) is 0 Å². The Morgan fingerprint density at radius 2 is 1.56 bits per heavy atom. The largest absolute Gasteiger partial charge is 0.428 e. The second-order valence-corrected chi connectivity index (χ2v) is 2.56. The predicted octanol–water partition coefficient (Wildman–Crippen LogP) is 0.382. The van der Waals surface area contributed by atoms with E-state index in [1.54, 1.807) is 0 Å². The fourth-order valence-electron chi connectivity index (χ4n) is 1.14. The van der Waals surface area contributed by atoms with E-state index in [0.717, 1.165) is 0 Å². The van der Waals surface area contributed by atoms with Crippen LogP contribution in [0.4, 0.5) is 0 Å². The number of carbonyl (C=O) groups excluding carboxylic acids is 4. The summed E-state index contributed by atoms with van der Waals surface area (Å²) in [4.78, 5) is 41.7. The molecule has 0 aliphatic heterocycles. The van der Waals surface area contributed by atoms with Crippen molar-refractivity contribution >= 4 is 25.5 Å². The number of rotatable bonds is 6. The van der Waals surface area contributed by atoms with Crippen molar-refractivity contribution in [2.75, 3.05) is 0 Å². The van der Waals surface area contributed by atoms with Gasteiger partial charge in [-0.3, -0.25) is 19.2 Å². The van der Waals surface area contributed by atoms with E-state index in [4.69, 9.17) is 0 Å². The first-order valence-corrected chi connectivity index (χ1v) is 4.06. The van der Waals surface area contributed by atoms with E-state index >= 15 is 0 Å². The van der Waals surface area contributed by atoms with E-state index in [0.29, 0.717) is 12.6 Å². The lowest BCUT2D eigenvalue weighted by molar-refractivity contribution is -0.121. The predicted molar refractivity (Wildman–Crippen MR) is 50.6 cm³/mol. The van der Waals surface area contributed by atoms with Gasteiger partial charge < -0.3 is 9.47 Å². The molecule has 0 aromatic heterocycles. The monoisotopic (exact) mass is 222 g/mol. The zero-order valence-corrected chi connectivity index (χ0v) is 7.91. The molecule has 0 unspecified atom stereocenters. The van der Waals surface area contributed by atoms with E-state index in [9.17, 15) is 19.2 Å². The first kappa shape index (κ1) is 11.6. The number of carbonyl (C=O) groups is 4. The van der Waals surface area contributed by atoms with Gasteiger partial charge in [-0.1, -0.05) is 0 Å². The third-order valence-corrected chi connectivity index (χ3v) is 1.77. The van der Waals surface area contributed by atoms with Crippen LogP contribution < -0.4 is 9.47 Å². The zero-order valence-electron chi connectivity index (χ0n) is 7.91. The lowest BCUT2D eigenvalue weighted by Gasteiger charge is -2.08. The highest BCUT2D eigenvalue weighted by atomic mass is 16.5. The highest BCUT2D eigenvalue weighted by Gasteiger charge is 2.15. The van der Waals surface area contributed by atoms with Gasteiger partial charge in [0, 0.05) is 0 Å². The van der Waals surface area contributed by atoms with Gasteiger partial charge in [-0.2, -0.15) is 0 Å². The minimum atomic E-state index is -0.237. The van der Waals surface area contributed by atoms with Gasteiger partial charge in [-0.25, -0.2) is 0 Å². The molecule has 0 saturated heterocycles. The van der Waals surface area contributed by atoms with Crippen molar-refractivity contribution < 1.29 is 28.7 Å². The van der Waals surface area contributed by atoms with Crippen LogP contribution >= 0.6 is 0 Å². The Balaban J connectivity index is 3.40. The van der Waals surface area contributed by atoms with Gasteiger partial charge in [0.2, 0.25) is 0 Å². The molecule has 1 rings (SSSR count). The van der Waals surface area contributed by atoms with E-state index < -0.39 is 0 Å². The number of benzene rings is 1. The third kappa shape index (κ3) is 2.11. The molecule has 1 aromatic rings. The van der Waals surface area contributed by atoms with Gasteiger partial charge in [0.1, 0.15) is 11.3 Å². The summed E-state index contributed by atoms with van der Waals surface area (Å²) in [5, 5.41) is 0. The third-order valence-electron chi connectivity index (χ3n) is 1.77. The molecule has 6 nitrogen and oxygen atoms in total. The van der Waals surface area contributed by atoms with Crippen molar-refractivity contribution in [2.24, 2.45) is 0 Å². The fraction of sp³-hybridized carbons (Fsp3) is 0. The van der Waals surface area contributed by atoms with Crippen molar-refractivity contribution in [3.8, 4) is 11.5 Å². The van der Waals surface area contributed by atoms with Crippen LogP contribution in [0.3, 0.4) is 0 Å². The standard InChI is InChI=1S/C10H6O6/c11-3-7-1-2-9(15-5-13)8(4-12)10(7)16-6-14/h1-6H. The van der Waals surface area contributed by atoms with Gasteiger partial charge >= 0.3 is 0 Å². The van der Waals surface area contributed by atoms with Gasteiger partial charge in [-0.15, -0.1) is 0 Å². The maximum atomic E-state index is 10.8. The Bertz CT molecular complexity index is 437. The average molecular weight is 222 g/mol. The summed E-state index contributed by atoms with van der Waals surface area (Å²) in [7, 11) is 0. The van der Waals surface area contributed by atoms with Crippen LogP contribution in [0.2, 0.25) is 0 Å². The molecule has 0 heterocycles. The number of aldehydes is 2. The highest BCUT2D eigenvalue weighted by Crippen LogP contribution is 2.29. The summed E-state index contributed by atoms with van der Waals surface area (Å²) >= 11 is 0. The summed E-state index contributed by atoms with van der Waals surface area (Å²) < 4.78 is 8.99. The summed E-state index contributed by atoms with van der Waals surface area (Å²) in [6.45, 7) is 0.188. The van der Waals surface area contributed by atoms with Gasteiger partial charge in [0.25, 0.3) is 12.9 Å². The first-order chi connectivity index (χ1) is 7.78. The van der Waals surface area contributed by atoms with E-state index in [2.05, 4.69) is 9.47 Å². The summed E-state index contributed by atoms with van der Waals surface area (Å²) in [6, 6.07) is 2.51. The molecule has 1 aromatic carbocycles. The van der Waals surface area contributed by atoms with Crippen LogP contribution in [0, 0.1) is 0 Å². The van der Waals surface area contributed by atoms with Crippen LogP contribution in [0.5, 0.6) is 11.5 Å².